The van der Waals surface area contributed by atoms with Gasteiger partial charge in [0.05, 0.1) is 6.54 Å². The Labute approximate surface area is 193 Å². The number of carbonyl (C=O) groups is 1. The summed E-state index contributed by atoms with van der Waals surface area (Å²) in [5, 5.41) is 7.29. The van der Waals surface area contributed by atoms with Gasteiger partial charge in [-0.3, -0.25) is 9.48 Å². The zero-order chi connectivity index (χ0) is 24.4. The molecule has 0 saturated carbocycles. The molecule has 176 valence electrons. The molecule has 4 aromatic rings. The monoisotopic (exact) mass is 497 g/mol. The molecule has 1 amide bonds. The Hall–Kier alpha value is -3.86. The van der Waals surface area contributed by atoms with Gasteiger partial charge in [0.15, 0.2) is 17.3 Å². The van der Waals surface area contributed by atoms with Gasteiger partial charge in [0, 0.05) is 17.3 Å². The maximum atomic E-state index is 13.7. The van der Waals surface area contributed by atoms with E-state index >= 15 is 0 Å². The average Bonchev–Trinajstić information content (AvgIpc) is 3.47. The summed E-state index contributed by atoms with van der Waals surface area (Å²) in [6, 6.07) is 11.2. The fourth-order valence-electron chi connectivity index (χ4n) is 2.93. The number of halogens is 6. The summed E-state index contributed by atoms with van der Waals surface area (Å²) in [6.07, 6.45) is 1.63. The quantitative estimate of drug-likeness (QED) is 0.202. The fraction of sp³-hybridized carbons (Fsp3) is 0.0909. The highest BCUT2D eigenvalue weighted by atomic mass is 35.5. The first kappa shape index (κ1) is 23.3. The summed E-state index contributed by atoms with van der Waals surface area (Å²) in [7, 11) is 0. The summed E-state index contributed by atoms with van der Waals surface area (Å²) in [4.78, 5) is 12.4. The van der Waals surface area contributed by atoms with Crippen molar-refractivity contribution in [2.75, 3.05) is 5.32 Å². The van der Waals surface area contributed by atoms with Crippen LogP contribution in [0.2, 0.25) is 5.02 Å². The van der Waals surface area contributed by atoms with Gasteiger partial charge < -0.3 is 14.5 Å². The summed E-state index contributed by atoms with van der Waals surface area (Å²) < 4.78 is 78.5. The first-order valence-electron chi connectivity index (χ1n) is 9.55. The van der Waals surface area contributed by atoms with Crippen LogP contribution < -0.4 is 10.1 Å². The number of benzene rings is 2. The molecule has 0 spiro atoms. The number of aromatic nitrogens is 2. The van der Waals surface area contributed by atoms with Crippen LogP contribution in [0.1, 0.15) is 21.9 Å². The summed E-state index contributed by atoms with van der Waals surface area (Å²) in [6.45, 7) is -0.326. The highest BCUT2D eigenvalue weighted by Crippen LogP contribution is 2.30. The smallest absolute Gasteiger partial charge is 0.292 e. The summed E-state index contributed by atoms with van der Waals surface area (Å²) in [5.41, 5.74) is 0.828. The van der Waals surface area contributed by atoms with Gasteiger partial charge in [0.25, 0.3) is 5.91 Å². The lowest BCUT2D eigenvalue weighted by molar-refractivity contribution is 0.0991. The SMILES string of the molecule is O=C(Nc1ccn(Cc2ccccc2Cl)n1)c1ccc(COc2c(F)c(F)c(F)c(F)c2F)o1. The summed E-state index contributed by atoms with van der Waals surface area (Å²) >= 11 is 6.12. The van der Waals surface area contributed by atoms with Crippen molar-refractivity contribution in [1.29, 1.82) is 0 Å². The first-order chi connectivity index (χ1) is 16.2. The second kappa shape index (κ2) is 9.56. The Morgan fingerprint density at radius 3 is 2.35 bits per heavy atom. The molecule has 0 radical (unpaired) electrons. The van der Waals surface area contributed by atoms with E-state index in [1.165, 1.54) is 12.1 Å². The number of amides is 1. The first-order valence-corrected chi connectivity index (χ1v) is 9.93. The molecule has 0 bridgehead atoms. The molecule has 0 unspecified atom stereocenters. The van der Waals surface area contributed by atoms with Gasteiger partial charge in [-0.15, -0.1) is 0 Å². The molecular formula is C22H13ClF5N3O3. The molecule has 34 heavy (non-hydrogen) atoms. The van der Waals surface area contributed by atoms with Crippen molar-refractivity contribution < 1.29 is 35.9 Å². The van der Waals surface area contributed by atoms with Crippen molar-refractivity contribution >= 4 is 23.3 Å². The Morgan fingerprint density at radius 2 is 1.65 bits per heavy atom. The van der Waals surface area contributed by atoms with Gasteiger partial charge in [-0.25, -0.2) is 13.2 Å². The zero-order valence-corrected chi connectivity index (χ0v) is 17.7. The molecule has 4 rings (SSSR count). The minimum Gasteiger partial charge on any atom is -0.479 e. The number of hydrogen-bond donors (Lipinski definition) is 1. The van der Waals surface area contributed by atoms with E-state index in [0.717, 1.165) is 5.56 Å². The number of nitrogens with one attached hydrogen (secondary N) is 1. The molecule has 2 aromatic heterocycles. The van der Waals surface area contributed by atoms with Crippen molar-refractivity contribution in [3.63, 3.8) is 0 Å². The molecule has 1 N–H and O–H groups in total. The Morgan fingerprint density at radius 1 is 0.971 bits per heavy atom. The molecule has 6 nitrogen and oxygen atoms in total. The second-order valence-corrected chi connectivity index (χ2v) is 7.30. The predicted octanol–water partition coefficient (Wildman–Crippen LogP) is 5.70. The van der Waals surface area contributed by atoms with Gasteiger partial charge >= 0.3 is 0 Å². The van der Waals surface area contributed by atoms with Crippen LogP contribution in [-0.4, -0.2) is 15.7 Å². The van der Waals surface area contributed by atoms with Crippen LogP contribution in [0.3, 0.4) is 0 Å². The molecule has 0 aliphatic carbocycles. The molecular weight excluding hydrogens is 485 g/mol. The van der Waals surface area contributed by atoms with E-state index in [2.05, 4.69) is 10.4 Å². The normalized spacial score (nSPS) is 11.0. The van der Waals surface area contributed by atoms with Crippen molar-refractivity contribution in [3.05, 3.63) is 99.9 Å². The largest absolute Gasteiger partial charge is 0.479 e. The van der Waals surface area contributed by atoms with Crippen molar-refractivity contribution in [2.45, 2.75) is 13.2 Å². The van der Waals surface area contributed by atoms with E-state index in [9.17, 15) is 26.7 Å². The highest BCUT2D eigenvalue weighted by molar-refractivity contribution is 6.31. The molecule has 0 fully saturated rings. The third-order valence-electron chi connectivity index (χ3n) is 4.59. The van der Waals surface area contributed by atoms with Crippen LogP contribution >= 0.6 is 11.6 Å². The van der Waals surface area contributed by atoms with Gasteiger partial charge in [-0.2, -0.15) is 13.9 Å². The maximum Gasteiger partial charge on any atom is 0.292 e. The summed E-state index contributed by atoms with van der Waals surface area (Å²) in [5.74, 6) is -13.0. The van der Waals surface area contributed by atoms with E-state index in [1.54, 1.807) is 29.1 Å². The molecule has 12 heteroatoms. The van der Waals surface area contributed by atoms with Crippen LogP contribution in [0.25, 0.3) is 0 Å². The minimum absolute atomic E-state index is 0.0988. The van der Waals surface area contributed by atoms with E-state index in [4.69, 9.17) is 20.8 Å². The third kappa shape index (κ3) is 4.74. The number of carbonyl (C=O) groups excluding carboxylic acids is 1. The average molecular weight is 498 g/mol. The van der Waals surface area contributed by atoms with E-state index in [-0.39, 0.29) is 17.3 Å². The van der Waals surface area contributed by atoms with Crippen molar-refractivity contribution in [2.24, 2.45) is 0 Å². The molecule has 0 aliphatic rings. The van der Waals surface area contributed by atoms with Crippen molar-refractivity contribution in [1.82, 2.24) is 9.78 Å². The number of hydrogen-bond acceptors (Lipinski definition) is 4. The Bertz CT molecular complexity index is 1340. The second-order valence-electron chi connectivity index (χ2n) is 6.90. The Kier molecular flexibility index (Phi) is 6.55. The van der Waals surface area contributed by atoms with Gasteiger partial charge in [-0.05, 0) is 23.8 Å². The minimum atomic E-state index is -2.30. The number of furan rings is 1. The van der Waals surface area contributed by atoms with Gasteiger partial charge in [0.2, 0.25) is 29.1 Å². The van der Waals surface area contributed by atoms with E-state index in [0.29, 0.717) is 11.6 Å². The lowest BCUT2D eigenvalue weighted by atomic mass is 10.2. The molecule has 2 heterocycles. The van der Waals surface area contributed by atoms with Crippen LogP contribution in [0.4, 0.5) is 27.8 Å². The number of nitrogens with zero attached hydrogens (tertiary/aromatic N) is 2. The molecule has 0 atom stereocenters. The molecule has 0 aliphatic heterocycles. The van der Waals surface area contributed by atoms with Crippen LogP contribution in [0.15, 0.2) is 53.1 Å². The molecule has 2 aromatic carbocycles. The van der Waals surface area contributed by atoms with E-state index < -0.39 is 47.3 Å². The Balaban J connectivity index is 1.39. The standard InChI is InChI=1S/C22H13ClF5N3O3/c23-13-4-2-1-3-11(13)9-31-8-7-15(30-31)29-22(32)14-6-5-12(34-14)10-33-21-19(27)17(25)16(24)18(26)20(21)28/h1-8H,9-10H2,(H,29,30,32). The zero-order valence-electron chi connectivity index (χ0n) is 16.9. The lowest BCUT2D eigenvalue weighted by Gasteiger charge is -2.09. The number of ether oxygens (including phenoxy) is 1. The lowest BCUT2D eigenvalue weighted by Crippen LogP contribution is -2.12. The highest BCUT2D eigenvalue weighted by Gasteiger charge is 2.27. The maximum absolute atomic E-state index is 13.7. The third-order valence-corrected chi connectivity index (χ3v) is 4.95. The van der Waals surface area contributed by atoms with Crippen LogP contribution in [0, 0.1) is 29.1 Å². The topological polar surface area (TPSA) is 69.3 Å². The van der Waals surface area contributed by atoms with Crippen LogP contribution in [-0.2, 0) is 13.2 Å². The van der Waals surface area contributed by atoms with Crippen molar-refractivity contribution in [3.8, 4) is 5.75 Å². The van der Waals surface area contributed by atoms with Gasteiger partial charge in [0.1, 0.15) is 12.4 Å². The van der Waals surface area contributed by atoms with Crippen LogP contribution in [0.5, 0.6) is 5.75 Å². The fourth-order valence-corrected chi connectivity index (χ4v) is 3.12. The van der Waals surface area contributed by atoms with E-state index in [1.807, 2.05) is 12.1 Å². The molecule has 0 saturated heterocycles. The number of anilines is 1. The van der Waals surface area contributed by atoms with Gasteiger partial charge in [-0.1, -0.05) is 29.8 Å². The number of rotatable bonds is 7. The predicted molar refractivity (Wildman–Crippen MR) is 110 cm³/mol.